The van der Waals surface area contributed by atoms with Gasteiger partial charge >= 0.3 is 0 Å². The lowest BCUT2D eigenvalue weighted by molar-refractivity contribution is -0.123. The third-order valence-corrected chi connectivity index (χ3v) is 3.48. The number of nitrogens with one attached hydrogen (secondary N) is 1. The van der Waals surface area contributed by atoms with E-state index in [-0.39, 0.29) is 23.0 Å². The van der Waals surface area contributed by atoms with Gasteiger partial charge < -0.3 is 14.8 Å². The summed E-state index contributed by atoms with van der Waals surface area (Å²) in [4.78, 5) is 22.8. The van der Waals surface area contributed by atoms with Crippen LogP contribution in [0, 0.1) is 5.41 Å². The predicted molar refractivity (Wildman–Crippen MR) is 84.6 cm³/mol. The van der Waals surface area contributed by atoms with Gasteiger partial charge in [-0.05, 0) is 17.9 Å². The molecule has 0 heterocycles. The van der Waals surface area contributed by atoms with E-state index in [1.807, 2.05) is 33.3 Å². The Morgan fingerprint density at radius 3 is 2.20 bits per heavy atom. The normalized spacial score (nSPS) is 12.2. The van der Waals surface area contributed by atoms with Crippen LogP contribution >= 0.6 is 10.9 Å². The molecule has 0 atom stereocenters. The first-order valence-electron chi connectivity index (χ1n) is 6.85. The van der Waals surface area contributed by atoms with E-state index in [2.05, 4.69) is 5.32 Å². The second kappa shape index (κ2) is 10.2. The minimum absolute atomic E-state index is 0.00325. The van der Waals surface area contributed by atoms with Crippen LogP contribution in [-0.2, 0) is 19.1 Å². The lowest BCUT2D eigenvalue weighted by atomic mass is 9.92. The standard InChI is InChI=1S/C14H29NO4S/c1-14(2,3)10-12(16)15-6-7-18-8-9-19-11-13(17)20(4)5/h20H,6-11H2,1-5H3,(H,15,16). The van der Waals surface area contributed by atoms with Crippen LogP contribution in [0.25, 0.3) is 0 Å². The maximum Gasteiger partial charge on any atom is 0.220 e. The van der Waals surface area contributed by atoms with E-state index in [1.54, 1.807) is 0 Å². The molecule has 0 saturated heterocycles. The van der Waals surface area contributed by atoms with Crippen LogP contribution < -0.4 is 5.32 Å². The van der Waals surface area contributed by atoms with Gasteiger partial charge in [0.25, 0.3) is 0 Å². The highest BCUT2D eigenvalue weighted by molar-refractivity contribution is 8.28. The van der Waals surface area contributed by atoms with Gasteiger partial charge in [0.2, 0.25) is 5.91 Å². The molecule has 0 aromatic rings. The zero-order valence-corrected chi connectivity index (χ0v) is 14.2. The molecule has 0 aliphatic heterocycles. The number of carbonyl (C=O) groups excluding carboxylic acids is 2. The van der Waals surface area contributed by atoms with Gasteiger partial charge in [-0.1, -0.05) is 20.8 Å². The van der Waals surface area contributed by atoms with Crippen LogP contribution in [0.15, 0.2) is 0 Å². The molecule has 0 aromatic carbocycles. The van der Waals surface area contributed by atoms with Gasteiger partial charge in [0.1, 0.15) is 6.61 Å². The molecule has 0 aliphatic rings. The molecule has 6 heteroatoms. The number of amides is 1. The van der Waals surface area contributed by atoms with Crippen molar-refractivity contribution in [2.75, 3.05) is 45.5 Å². The fraction of sp³-hybridized carbons (Fsp3) is 0.857. The van der Waals surface area contributed by atoms with E-state index in [4.69, 9.17) is 9.47 Å². The molecular formula is C14H29NO4S. The van der Waals surface area contributed by atoms with Crippen molar-refractivity contribution in [3.63, 3.8) is 0 Å². The summed E-state index contributed by atoms with van der Waals surface area (Å²) in [5, 5.41) is 2.97. The maximum absolute atomic E-state index is 11.5. The minimum atomic E-state index is -0.563. The highest BCUT2D eigenvalue weighted by atomic mass is 32.2. The van der Waals surface area contributed by atoms with E-state index in [0.717, 1.165) is 0 Å². The number of hydrogen-bond donors (Lipinski definition) is 2. The smallest absolute Gasteiger partial charge is 0.220 e. The highest BCUT2D eigenvalue weighted by Crippen LogP contribution is 2.17. The molecule has 0 saturated carbocycles. The molecule has 120 valence electrons. The molecule has 1 N–H and O–H groups in total. The van der Waals surface area contributed by atoms with E-state index >= 15 is 0 Å². The summed E-state index contributed by atoms with van der Waals surface area (Å²) in [6.45, 7) is 8.06. The molecular weight excluding hydrogens is 278 g/mol. The van der Waals surface area contributed by atoms with Crippen molar-refractivity contribution in [3.8, 4) is 0 Å². The molecule has 0 rings (SSSR count). The van der Waals surface area contributed by atoms with Gasteiger partial charge in [0.05, 0.1) is 19.8 Å². The van der Waals surface area contributed by atoms with Gasteiger partial charge in [-0.15, -0.1) is 0 Å². The molecule has 0 aliphatic carbocycles. The Morgan fingerprint density at radius 2 is 1.65 bits per heavy atom. The molecule has 0 unspecified atom stereocenters. The van der Waals surface area contributed by atoms with Crippen LogP contribution in [0.1, 0.15) is 27.2 Å². The largest absolute Gasteiger partial charge is 0.377 e. The van der Waals surface area contributed by atoms with Crippen LogP contribution in [0.4, 0.5) is 0 Å². The van der Waals surface area contributed by atoms with Crippen molar-refractivity contribution in [1.82, 2.24) is 5.32 Å². The first-order chi connectivity index (χ1) is 9.22. The van der Waals surface area contributed by atoms with Gasteiger partial charge in [0, 0.05) is 13.0 Å². The summed E-state index contributed by atoms with van der Waals surface area (Å²) in [5.41, 5.74) is 0.00325. The van der Waals surface area contributed by atoms with Crippen molar-refractivity contribution in [2.45, 2.75) is 27.2 Å². The lowest BCUT2D eigenvalue weighted by Crippen LogP contribution is -2.30. The first kappa shape index (κ1) is 19.4. The summed E-state index contributed by atoms with van der Waals surface area (Å²) >= 11 is 0. The van der Waals surface area contributed by atoms with Crippen molar-refractivity contribution < 1.29 is 19.1 Å². The van der Waals surface area contributed by atoms with E-state index < -0.39 is 10.9 Å². The summed E-state index contributed by atoms with van der Waals surface area (Å²) in [6.07, 6.45) is 4.34. The van der Waals surface area contributed by atoms with Crippen molar-refractivity contribution >= 4 is 21.9 Å². The Balaban J connectivity index is 3.37. The molecule has 20 heavy (non-hydrogen) atoms. The fourth-order valence-corrected chi connectivity index (χ4v) is 1.66. The average Bonchev–Trinajstić information content (AvgIpc) is 2.29. The summed E-state index contributed by atoms with van der Waals surface area (Å²) in [6, 6.07) is 0. The summed E-state index contributed by atoms with van der Waals surface area (Å²) in [5.74, 6) is 0.0437. The molecule has 0 radical (unpaired) electrons. The average molecular weight is 307 g/mol. The topological polar surface area (TPSA) is 64.6 Å². The first-order valence-corrected chi connectivity index (χ1v) is 9.08. The van der Waals surface area contributed by atoms with E-state index in [1.165, 1.54) is 0 Å². The molecule has 0 spiro atoms. The number of ether oxygens (including phenoxy) is 2. The summed E-state index contributed by atoms with van der Waals surface area (Å²) < 4.78 is 10.5. The molecule has 0 fully saturated rings. The Bertz CT molecular complexity index is 300. The zero-order valence-electron chi connectivity index (χ0n) is 13.3. The van der Waals surface area contributed by atoms with Crippen LogP contribution in [0.2, 0.25) is 0 Å². The molecule has 0 aromatic heterocycles. The third kappa shape index (κ3) is 12.4. The van der Waals surface area contributed by atoms with Crippen molar-refractivity contribution in [1.29, 1.82) is 0 Å². The van der Waals surface area contributed by atoms with E-state index in [9.17, 15) is 9.59 Å². The van der Waals surface area contributed by atoms with Gasteiger partial charge in [-0.25, -0.2) is 0 Å². The Labute approximate surface area is 125 Å². The number of rotatable bonds is 9. The minimum Gasteiger partial charge on any atom is -0.377 e. The van der Waals surface area contributed by atoms with Gasteiger partial charge in [-0.3, -0.25) is 9.59 Å². The fourth-order valence-electron chi connectivity index (χ4n) is 1.32. The quantitative estimate of drug-likeness (QED) is 0.499. The molecule has 5 nitrogen and oxygen atoms in total. The molecule has 0 bridgehead atoms. The lowest BCUT2D eigenvalue weighted by Gasteiger charge is -2.17. The van der Waals surface area contributed by atoms with Crippen LogP contribution in [-0.4, -0.2) is 56.5 Å². The third-order valence-electron chi connectivity index (χ3n) is 2.36. The van der Waals surface area contributed by atoms with Crippen LogP contribution in [0.5, 0.6) is 0 Å². The number of carbonyl (C=O) groups is 2. The van der Waals surface area contributed by atoms with Crippen LogP contribution in [0.3, 0.4) is 0 Å². The SMILES string of the molecule is C[SH](C)C(=O)COCCOCCNC(=O)CC(C)(C)C. The van der Waals surface area contributed by atoms with Crippen molar-refractivity contribution in [2.24, 2.45) is 5.41 Å². The Kier molecular flexibility index (Phi) is 9.88. The Hall–Kier alpha value is -0.590. The Morgan fingerprint density at radius 1 is 1.05 bits per heavy atom. The zero-order chi connectivity index (χ0) is 15.6. The summed E-state index contributed by atoms with van der Waals surface area (Å²) in [7, 11) is -0.563. The monoisotopic (exact) mass is 307 g/mol. The predicted octanol–water partition coefficient (Wildman–Crippen LogP) is 1.36. The van der Waals surface area contributed by atoms with E-state index in [0.29, 0.717) is 32.8 Å². The van der Waals surface area contributed by atoms with Crippen molar-refractivity contribution in [3.05, 3.63) is 0 Å². The highest BCUT2D eigenvalue weighted by Gasteiger charge is 2.15. The maximum atomic E-state index is 11.5. The van der Waals surface area contributed by atoms with Gasteiger partial charge in [-0.2, -0.15) is 10.9 Å². The second-order valence-corrected chi connectivity index (χ2v) is 8.33. The number of thiol groups is 1. The molecule has 1 amide bonds. The second-order valence-electron chi connectivity index (χ2n) is 6.04. The number of hydrogen-bond acceptors (Lipinski definition) is 4. The van der Waals surface area contributed by atoms with Gasteiger partial charge in [0.15, 0.2) is 5.12 Å².